The van der Waals surface area contributed by atoms with Gasteiger partial charge in [-0.3, -0.25) is 4.79 Å². The highest BCUT2D eigenvalue weighted by Crippen LogP contribution is 2.27. The Morgan fingerprint density at radius 3 is 2.52 bits per heavy atom. The van der Waals surface area contributed by atoms with E-state index in [0.717, 1.165) is 34.9 Å². The molecule has 3 rings (SSSR count). The molecule has 0 fully saturated rings. The molecule has 0 aliphatic heterocycles. The molecule has 0 saturated heterocycles. The van der Waals surface area contributed by atoms with Crippen molar-refractivity contribution < 1.29 is 9.18 Å². The molecule has 140 valence electrons. The van der Waals surface area contributed by atoms with Crippen LogP contribution in [0.25, 0.3) is 11.3 Å². The Bertz CT molecular complexity index is 891. The molecule has 1 aromatic heterocycles. The summed E-state index contributed by atoms with van der Waals surface area (Å²) in [7, 11) is 0. The van der Waals surface area contributed by atoms with Crippen molar-refractivity contribution in [3.05, 3.63) is 65.3 Å². The predicted molar refractivity (Wildman–Crippen MR) is 109 cm³/mol. The maximum Gasteiger partial charge on any atom is 0.217 e. The summed E-state index contributed by atoms with van der Waals surface area (Å²) < 4.78 is 13.0. The summed E-state index contributed by atoms with van der Waals surface area (Å²) in [6.45, 7) is 3.55. The number of aromatic nitrogens is 1. The molecular weight excluding hydrogens is 361 g/mol. The first kappa shape index (κ1) is 19.0. The SMILES string of the molecule is CC(=O)NC(C)CCc1ccc(-c2csc(Nc3ccc(F)cc3)n2)cc1. The zero-order valence-electron chi connectivity index (χ0n) is 15.3. The van der Waals surface area contributed by atoms with Gasteiger partial charge in [0, 0.05) is 29.6 Å². The van der Waals surface area contributed by atoms with E-state index in [1.54, 1.807) is 19.1 Å². The van der Waals surface area contributed by atoms with Crippen LogP contribution in [0.15, 0.2) is 53.9 Å². The van der Waals surface area contributed by atoms with Crippen molar-refractivity contribution in [2.45, 2.75) is 32.7 Å². The molecule has 0 bridgehead atoms. The first-order valence-electron chi connectivity index (χ1n) is 8.84. The number of anilines is 2. The Hall–Kier alpha value is -2.73. The lowest BCUT2D eigenvalue weighted by Crippen LogP contribution is -2.30. The van der Waals surface area contributed by atoms with Crippen molar-refractivity contribution in [2.75, 3.05) is 5.32 Å². The van der Waals surface area contributed by atoms with Crippen molar-refractivity contribution in [3.63, 3.8) is 0 Å². The summed E-state index contributed by atoms with van der Waals surface area (Å²) >= 11 is 1.51. The van der Waals surface area contributed by atoms with Gasteiger partial charge in [-0.05, 0) is 49.6 Å². The fourth-order valence-corrected chi connectivity index (χ4v) is 3.50. The highest BCUT2D eigenvalue weighted by Gasteiger charge is 2.07. The molecule has 2 N–H and O–H groups in total. The van der Waals surface area contributed by atoms with Gasteiger partial charge in [-0.25, -0.2) is 9.37 Å². The van der Waals surface area contributed by atoms with Gasteiger partial charge in [0.25, 0.3) is 0 Å². The number of amides is 1. The molecule has 3 aromatic rings. The molecule has 0 radical (unpaired) electrons. The molecule has 0 spiro atoms. The Morgan fingerprint density at radius 2 is 1.85 bits per heavy atom. The number of nitrogens with one attached hydrogen (secondary N) is 2. The number of thiazole rings is 1. The fourth-order valence-electron chi connectivity index (χ4n) is 2.76. The number of carbonyl (C=O) groups excluding carboxylic acids is 1. The number of rotatable bonds is 7. The van der Waals surface area contributed by atoms with Gasteiger partial charge < -0.3 is 10.6 Å². The van der Waals surface area contributed by atoms with E-state index in [0.29, 0.717) is 0 Å². The van der Waals surface area contributed by atoms with Gasteiger partial charge in [-0.2, -0.15) is 0 Å². The summed E-state index contributed by atoms with van der Waals surface area (Å²) in [6.07, 6.45) is 1.82. The van der Waals surface area contributed by atoms with Crippen molar-refractivity contribution in [3.8, 4) is 11.3 Å². The minimum Gasteiger partial charge on any atom is -0.354 e. The van der Waals surface area contributed by atoms with E-state index in [-0.39, 0.29) is 17.8 Å². The highest BCUT2D eigenvalue weighted by molar-refractivity contribution is 7.14. The normalized spacial score (nSPS) is 11.8. The average Bonchev–Trinajstić information content (AvgIpc) is 3.10. The van der Waals surface area contributed by atoms with Crippen LogP contribution in [0.2, 0.25) is 0 Å². The van der Waals surface area contributed by atoms with Gasteiger partial charge in [0.15, 0.2) is 5.13 Å². The van der Waals surface area contributed by atoms with Crippen LogP contribution < -0.4 is 10.6 Å². The first-order valence-corrected chi connectivity index (χ1v) is 9.72. The quantitative estimate of drug-likeness (QED) is 0.593. The maximum atomic E-state index is 13.0. The van der Waals surface area contributed by atoms with Crippen LogP contribution >= 0.6 is 11.3 Å². The van der Waals surface area contributed by atoms with E-state index in [9.17, 15) is 9.18 Å². The zero-order chi connectivity index (χ0) is 19.2. The third-order valence-corrected chi connectivity index (χ3v) is 4.92. The van der Waals surface area contributed by atoms with Gasteiger partial charge in [-0.1, -0.05) is 24.3 Å². The van der Waals surface area contributed by atoms with Crippen LogP contribution in [0, 0.1) is 5.82 Å². The molecule has 6 heteroatoms. The monoisotopic (exact) mass is 383 g/mol. The smallest absolute Gasteiger partial charge is 0.217 e. The van der Waals surface area contributed by atoms with Crippen molar-refractivity contribution in [1.82, 2.24) is 10.3 Å². The summed E-state index contributed by atoms with van der Waals surface area (Å²) in [6, 6.07) is 14.7. The van der Waals surface area contributed by atoms with Gasteiger partial charge in [-0.15, -0.1) is 11.3 Å². The molecule has 0 aliphatic carbocycles. The first-order chi connectivity index (χ1) is 13.0. The number of hydrogen-bond acceptors (Lipinski definition) is 4. The van der Waals surface area contributed by atoms with E-state index in [4.69, 9.17) is 0 Å². The van der Waals surface area contributed by atoms with Crippen LogP contribution in [0.1, 0.15) is 25.8 Å². The van der Waals surface area contributed by atoms with Crippen LogP contribution in [0.5, 0.6) is 0 Å². The third kappa shape index (κ3) is 5.62. The Balaban J connectivity index is 1.59. The van der Waals surface area contributed by atoms with Crippen LogP contribution in [-0.2, 0) is 11.2 Å². The number of hydrogen-bond donors (Lipinski definition) is 2. The van der Waals surface area contributed by atoms with Gasteiger partial charge in [0.05, 0.1) is 5.69 Å². The second kappa shape index (κ2) is 8.77. The fraction of sp³-hybridized carbons (Fsp3) is 0.238. The Labute approximate surface area is 162 Å². The molecule has 2 aromatic carbocycles. The summed E-state index contributed by atoms with van der Waals surface area (Å²) in [5.41, 5.74) is 4.00. The molecular formula is C21H22FN3OS. The average molecular weight is 383 g/mol. The standard InChI is InChI=1S/C21H22FN3OS/c1-14(23-15(2)26)3-4-16-5-7-17(8-6-16)20-13-27-21(25-20)24-19-11-9-18(22)10-12-19/h5-14H,3-4H2,1-2H3,(H,23,26)(H,24,25). The minimum atomic E-state index is -0.257. The molecule has 1 heterocycles. The molecule has 0 saturated carbocycles. The number of nitrogens with zero attached hydrogens (tertiary/aromatic N) is 1. The summed E-state index contributed by atoms with van der Waals surface area (Å²) in [4.78, 5) is 15.7. The minimum absolute atomic E-state index is 0.00595. The largest absolute Gasteiger partial charge is 0.354 e. The maximum absolute atomic E-state index is 13.0. The molecule has 0 aliphatic rings. The van der Waals surface area contributed by atoms with E-state index >= 15 is 0 Å². The summed E-state index contributed by atoms with van der Waals surface area (Å²) in [5.74, 6) is -0.252. The Kier molecular flexibility index (Phi) is 6.19. The number of carbonyl (C=O) groups is 1. The number of halogens is 1. The second-order valence-electron chi connectivity index (χ2n) is 6.51. The lowest BCUT2D eigenvalue weighted by molar-refractivity contribution is -0.119. The third-order valence-electron chi connectivity index (χ3n) is 4.17. The van der Waals surface area contributed by atoms with E-state index in [2.05, 4.69) is 39.9 Å². The van der Waals surface area contributed by atoms with Crippen molar-refractivity contribution in [1.29, 1.82) is 0 Å². The van der Waals surface area contributed by atoms with Crippen LogP contribution in [0.3, 0.4) is 0 Å². The predicted octanol–water partition coefficient (Wildman–Crippen LogP) is 5.15. The molecule has 4 nitrogen and oxygen atoms in total. The molecule has 1 atom stereocenters. The number of benzene rings is 2. The van der Waals surface area contributed by atoms with Gasteiger partial charge >= 0.3 is 0 Å². The van der Waals surface area contributed by atoms with E-state index in [1.807, 2.05) is 12.3 Å². The zero-order valence-corrected chi connectivity index (χ0v) is 16.1. The van der Waals surface area contributed by atoms with Gasteiger partial charge in [0.1, 0.15) is 5.82 Å². The van der Waals surface area contributed by atoms with Crippen LogP contribution in [0.4, 0.5) is 15.2 Å². The van der Waals surface area contributed by atoms with E-state index in [1.165, 1.54) is 29.0 Å². The lowest BCUT2D eigenvalue weighted by atomic mass is 10.0. The number of aryl methyl sites for hydroxylation is 1. The van der Waals surface area contributed by atoms with Gasteiger partial charge in [0.2, 0.25) is 5.91 Å². The van der Waals surface area contributed by atoms with Crippen LogP contribution in [-0.4, -0.2) is 16.9 Å². The summed E-state index contributed by atoms with van der Waals surface area (Å²) in [5, 5.41) is 8.86. The van der Waals surface area contributed by atoms with Crippen molar-refractivity contribution in [2.24, 2.45) is 0 Å². The second-order valence-corrected chi connectivity index (χ2v) is 7.37. The Morgan fingerprint density at radius 1 is 1.15 bits per heavy atom. The van der Waals surface area contributed by atoms with Crippen molar-refractivity contribution >= 4 is 28.1 Å². The topological polar surface area (TPSA) is 54.0 Å². The van der Waals surface area contributed by atoms with E-state index < -0.39 is 0 Å². The molecule has 1 amide bonds. The lowest BCUT2D eigenvalue weighted by Gasteiger charge is -2.12. The molecule has 1 unspecified atom stereocenters. The highest BCUT2D eigenvalue weighted by atomic mass is 32.1. The molecule has 27 heavy (non-hydrogen) atoms.